The van der Waals surface area contributed by atoms with Crippen molar-refractivity contribution < 1.29 is 0 Å². The van der Waals surface area contributed by atoms with Crippen molar-refractivity contribution in [1.29, 1.82) is 0 Å². The fraction of sp³-hybridized carbons (Fsp3) is 0.0270. The maximum Gasteiger partial charge on any atom is 0.0721 e. The molecule has 0 bridgehead atoms. The van der Waals surface area contributed by atoms with Crippen LogP contribution in [0.3, 0.4) is 0 Å². The minimum Gasteiger partial charge on any atom is -0.309 e. The summed E-state index contributed by atoms with van der Waals surface area (Å²) in [7, 11) is 0. The van der Waals surface area contributed by atoms with Gasteiger partial charge in [-0.1, -0.05) is 218 Å². The summed E-state index contributed by atoms with van der Waals surface area (Å²) in [5.41, 5.74) is 26.1. The molecule has 0 amide bonds. The molecule has 0 radical (unpaired) electrons. The zero-order valence-corrected chi connectivity index (χ0v) is 41.5. The molecule has 0 saturated carbocycles. The Labute approximate surface area is 440 Å². The van der Waals surface area contributed by atoms with Crippen LogP contribution >= 0.6 is 0 Å². The van der Waals surface area contributed by atoms with E-state index in [4.69, 9.17) is 0 Å². The van der Waals surface area contributed by atoms with Crippen LogP contribution in [-0.2, 0) is 10.8 Å². The predicted octanol–water partition coefficient (Wildman–Crippen LogP) is 18.3. The molecule has 0 aliphatic heterocycles. The highest BCUT2D eigenvalue weighted by molar-refractivity contribution is 6.13. The summed E-state index contributed by atoms with van der Waals surface area (Å²) in [6, 6.07) is 106. The van der Waals surface area contributed by atoms with Gasteiger partial charge in [-0.3, -0.25) is 0 Å². The molecule has 0 N–H and O–H groups in total. The number of para-hydroxylation sites is 2. The number of benzene rings is 12. The van der Waals surface area contributed by atoms with E-state index in [2.05, 4.69) is 288 Å². The first kappa shape index (κ1) is 41.7. The molecule has 0 saturated heterocycles. The quantitative estimate of drug-likeness (QED) is 0.166. The van der Waals surface area contributed by atoms with Gasteiger partial charge < -0.3 is 9.13 Å². The average Bonchev–Trinajstić information content (AvgIpc) is 4.34. The Balaban J connectivity index is 1.08. The van der Waals surface area contributed by atoms with Crippen molar-refractivity contribution in [3.05, 3.63) is 324 Å². The topological polar surface area (TPSA) is 9.86 Å². The molecular weight excluding hydrogens is 917 g/mol. The van der Waals surface area contributed by atoms with Gasteiger partial charge in [0.1, 0.15) is 0 Å². The Kier molecular flexibility index (Phi) is 8.44. The van der Waals surface area contributed by atoms with E-state index in [1.54, 1.807) is 0 Å². The molecule has 3 aliphatic carbocycles. The fourth-order valence-electron chi connectivity index (χ4n) is 14.7. The molecule has 2 heteroatoms. The first-order chi connectivity index (χ1) is 37.7. The zero-order valence-electron chi connectivity index (χ0n) is 41.5. The summed E-state index contributed by atoms with van der Waals surface area (Å²) < 4.78 is 5.08. The smallest absolute Gasteiger partial charge is 0.0721 e. The summed E-state index contributed by atoms with van der Waals surface area (Å²) in [5.74, 6) is 0. The molecule has 17 rings (SSSR count). The summed E-state index contributed by atoms with van der Waals surface area (Å²) in [6.45, 7) is 0. The summed E-state index contributed by atoms with van der Waals surface area (Å²) in [6.07, 6.45) is 0. The molecular formula is C74H46N2. The second-order valence-corrected chi connectivity index (χ2v) is 21.1. The number of rotatable bonds is 4. The van der Waals surface area contributed by atoms with E-state index in [-0.39, 0.29) is 0 Å². The van der Waals surface area contributed by atoms with Gasteiger partial charge in [-0.05, 0) is 150 Å². The predicted molar refractivity (Wildman–Crippen MR) is 314 cm³/mol. The third-order valence-corrected chi connectivity index (χ3v) is 17.6. The highest BCUT2D eigenvalue weighted by Crippen LogP contribution is 2.68. The number of nitrogens with zero attached hydrogens (tertiary/aromatic N) is 2. The summed E-state index contributed by atoms with van der Waals surface area (Å²) >= 11 is 0. The highest BCUT2D eigenvalue weighted by Gasteiger charge is 2.59. The van der Waals surface area contributed by atoms with Crippen LogP contribution in [0.5, 0.6) is 0 Å². The first-order valence-corrected chi connectivity index (χ1v) is 26.6. The van der Waals surface area contributed by atoms with Gasteiger partial charge in [0.15, 0.2) is 0 Å². The van der Waals surface area contributed by atoms with Gasteiger partial charge >= 0.3 is 0 Å². The van der Waals surface area contributed by atoms with Gasteiger partial charge in [0.2, 0.25) is 0 Å². The van der Waals surface area contributed by atoms with Crippen molar-refractivity contribution in [1.82, 2.24) is 9.13 Å². The summed E-state index contributed by atoms with van der Waals surface area (Å²) in [4.78, 5) is 0. The third kappa shape index (κ3) is 5.30. The van der Waals surface area contributed by atoms with Gasteiger partial charge in [0, 0.05) is 32.9 Å². The molecule has 0 fully saturated rings. The molecule has 12 aromatic carbocycles. The van der Waals surface area contributed by atoms with Crippen molar-refractivity contribution in [2.75, 3.05) is 0 Å². The monoisotopic (exact) mass is 962 g/mol. The number of fused-ring (bicyclic) bond motifs is 22. The van der Waals surface area contributed by atoms with E-state index in [0.29, 0.717) is 0 Å². The van der Waals surface area contributed by atoms with E-state index in [1.807, 2.05) is 0 Å². The molecule has 0 atom stereocenters. The van der Waals surface area contributed by atoms with Gasteiger partial charge in [-0.2, -0.15) is 0 Å². The Hall–Kier alpha value is -9.76. The van der Waals surface area contributed by atoms with E-state index in [1.165, 1.54) is 133 Å². The maximum absolute atomic E-state index is 2.64. The number of aromatic nitrogens is 2. The van der Waals surface area contributed by atoms with Crippen LogP contribution in [0.4, 0.5) is 0 Å². The molecule has 14 aromatic rings. The normalized spacial score (nSPS) is 14.0. The minimum atomic E-state index is -0.707. The molecule has 0 unspecified atom stereocenters. The minimum absolute atomic E-state index is 0.707. The Morgan fingerprint density at radius 3 is 0.908 bits per heavy atom. The molecule has 76 heavy (non-hydrogen) atoms. The van der Waals surface area contributed by atoms with E-state index in [9.17, 15) is 0 Å². The molecule has 2 nitrogen and oxygen atoms in total. The largest absolute Gasteiger partial charge is 0.309 e. The lowest BCUT2D eigenvalue weighted by Gasteiger charge is -2.49. The first-order valence-electron chi connectivity index (χ1n) is 26.6. The lowest BCUT2D eigenvalue weighted by Crippen LogP contribution is -2.44. The van der Waals surface area contributed by atoms with E-state index >= 15 is 0 Å². The van der Waals surface area contributed by atoms with Crippen molar-refractivity contribution in [2.24, 2.45) is 0 Å². The Bertz CT molecular complexity index is 4370. The molecule has 352 valence electrons. The molecule has 2 spiro atoms. The maximum atomic E-state index is 2.64. The van der Waals surface area contributed by atoms with Crippen LogP contribution in [0.1, 0.15) is 44.5 Å². The van der Waals surface area contributed by atoms with E-state index < -0.39 is 10.8 Å². The van der Waals surface area contributed by atoms with Gasteiger partial charge in [0.25, 0.3) is 0 Å². The zero-order chi connectivity index (χ0) is 49.7. The van der Waals surface area contributed by atoms with Gasteiger partial charge in [-0.25, -0.2) is 0 Å². The van der Waals surface area contributed by atoms with Crippen LogP contribution in [0.2, 0.25) is 0 Å². The second-order valence-electron chi connectivity index (χ2n) is 21.1. The second kappa shape index (κ2) is 15.4. The van der Waals surface area contributed by atoms with Gasteiger partial charge in [-0.15, -0.1) is 0 Å². The van der Waals surface area contributed by atoms with Crippen LogP contribution in [0, 0.1) is 0 Å². The van der Waals surface area contributed by atoms with Crippen molar-refractivity contribution in [3.63, 3.8) is 0 Å². The van der Waals surface area contributed by atoms with Crippen LogP contribution in [0.15, 0.2) is 279 Å². The van der Waals surface area contributed by atoms with Gasteiger partial charge in [0.05, 0.1) is 32.9 Å². The highest BCUT2D eigenvalue weighted by atomic mass is 15.0. The Morgan fingerprint density at radius 1 is 0.197 bits per heavy atom. The lowest BCUT2D eigenvalue weighted by atomic mass is 9.52. The van der Waals surface area contributed by atoms with Crippen molar-refractivity contribution in [3.8, 4) is 55.9 Å². The van der Waals surface area contributed by atoms with Crippen LogP contribution in [-0.4, -0.2) is 9.13 Å². The van der Waals surface area contributed by atoms with Crippen LogP contribution < -0.4 is 0 Å². The summed E-state index contributed by atoms with van der Waals surface area (Å²) in [5, 5.41) is 4.96. The Morgan fingerprint density at radius 2 is 0.513 bits per heavy atom. The fourth-order valence-corrected chi connectivity index (χ4v) is 14.7. The molecule has 2 aromatic heterocycles. The third-order valence-electron chi connectivity index (χ3n) is 17.6. The molecule has 3 aliphatic rings. The molecule has 2 heterocycles. The van der Waals surface area contributed by atoms with Crippen molar-refractivity contribution in [2.45, 2.75) is 10.8 Å². The standard InChI is InChI=1S/C74H46N2/c1-3-21-47(22-4-1)49-25-19-27-51(41-49)75-69-39-17-11-33-57(69)59-43-65-67(45-71(59)75)73(61-35-13-7-29-53(61)54-30-8-14-36-62(54)73)66-44-60-58-34-12-18-40-70(58)76(52-28-20-26-50(42-52)48-23-5-2-6-24-48)72(60)46-68(66)74(65)63-37-15-9-31-55(63)56-32-10-16-38-64(56)74/h1-46H. The SMILES string of the molecule is c1ccc(-c2cccc(-n3c4ccccc4c4cc5c(cc43)C3(c4ccccc4-c4ccccc43)c3cc4c6ccccc6n(-c6cccc(-c7ccccc7)c6)c4cc3C53c4ccccc4-c4ccccc43)c2)cc1. The average molecular weight is 963 g/mol. The van der Waals surface area contributed by atoms with Crippen LogP contribution in [0.25, 0.3) is 99.5 Å². The van der Waals surface area contributed by atoms with E-state index in [0.717, 1.165) is 11.4 Å². The lowest BCUT2D eigenvalue weighted by molar-refractivity contribution is 0.635. The number of hydrogen-bond donors (Lipinski definition) is 0. The van der Waals surface area contributed by atoms with Crippen molar-refractivity contribution >= 4 is 43.6 Å². The number of hydrogen-bond acceptors (Lipinski definition) is 0.